The molecule has 0 atom stereocenters. The number of nitrogens with zero attached hydrogens (tertiary/aromatic N) is 4. The SMILES string of the molecule is N#Cc1cccc(OCCCCC(=O)NCc2cnc3nccn3c2)c1. The van der Waals surface area contributed by atoms with E-state index in [1.807, 2.05) is 22.9 Å². The van der Waals surface area contributed by atoms with Gasteiger partial charge in [-0.2, -0.15) is 5.26 Å². The zero-order chi connectivity index (χ0) is 18.2. The summed E-state index contributed by atoms with van der Waals surface area (Å²) in [5, 5.41) is 11.7. The minimum absolute atomic E-state index is 0.00204. The molecule has 0 saturated heterocycles. The Morgan fingerprint density at radius 2 is 2.23 bits per heavy atom. The number of benzene rings is 1. The fraction of sp³-hybridized carbons (Fsp3) is 0.263. The summed E-state index contributed by atoms with van der Waals surface area (Å²) in [5.74, 6) is 1.32. The van der Waals surface area contributed by atoms with E-state index in [1.165, 1.54) is 0 Å². The zero-order valence-electron chi connectivity index (χ0n) is 14.3. The van der Waals surface area contributed by atoms with Gasteiger partial charge in [0.15, 0.2) is 0 Å². The van der Waals surface area contributed by atoms with E-state index in [1.54, 1.807) is 30.6 Å². The first-order valence-corrected chi connectivity index (χ1v) is 8.42. The molecule has 3 rings (SSSR count). The number of carbonyl (C=O) groups is 1. The van der Waals surface area contributed by atoms with E-state index in [0.717, 1.165) is 18.4 Å². The third-order valence-electron chi connectivity index (χ3n) is 3.82. The second-order valence-electron chi connectivity index (χ2n) is 5.82. The van der Waals surface area contributed by atoms with Crippen molar-refractivity contribution in [3.63, 3.8) is 0 Å². The Balaban J connectivity index is 1.33. The van der Waals surface area contributed by atoms with Crippen molar-refractivity contribution in [1.82, 2.24) is 19.7 Å². The van der Waals surface area contributed by atoms with E-state index >= 15 is 0 Å². The second kappa shape index (κ2) is 8.62. The van der Waals surface area contributed by atoms with Crippen molar-refractivity contribution in [3.05, 3.63) is 60.2 Å². The normalized spacial score (nSPS) is 10.4. The third-order valence-corrected chi connectivity index (χ3v) is 3.82. The maximum absolute atomic E-state index is 11.9. The molecule has 1 N–H and O–H groups in total. The fourth-order valence-electron chi connectivity index (χ4n) is 2.47. The van der Waals surface area contributed by atoms with Crippen LogP contribution in [0.5, 0.6) is 5.75 Å². The van der Waals surface area contributed by atoms with Gasteiger partial charge in [0.05, 0.1) is 18.2 Å². The zero-order valence-corrected chi connectivity index (χ0v) is 14.3. The number of rotatable bonds is 8. The Morgan fingerprint density at radius 3 is 3.12 bits per heavy atom. The van der Waals surface area contributed by atoms with Crippen LogP contribution in [-0.4, -0.2) is 26.9 Å². The third kappa shape index (κ3) is 4.80. The van der Waals surface area contributed by atoms with Crippen LogP contribution in [0.1, 0.15) is 30.4 Å². The Hall–Kier alpha value is -3.40. The monoisotopic (exact) mass is 349 g/mol. The van der Waals surface area contributed by atoms with Gasteiger partial charge >= 0.3 is 0 Å². The van der Waals surface area contributed by atoms with Gasteiger partial charge in [-0.3, -0.25) is 9.20 Å². The smallest absolute Gasteiger partial charge is 0.233 e. The van der Waals surface area contributed by atoms with Crippen LogP contribution in [0, 0.1) is 11.3 Å². The summed E-state index contributed by atoms with van der Waals surface area (Å²) in [7, 11) is 0. The summed E-state index contributed by atoms with van der Waals surface area (Å²) in [5.41, 5.74) is 1.50. The molecule has 132 valence electrons. The lowest BCUT2D eigenvalue weighted by Gasteiger charge is -2.07. The number of fused-ring (bicyclic) bond motifs is 1. The highest BCUT2D eigenvalue weighted by molar-refractivity contribution is 5.75. The van der Waals surface area contributed by atoms with Crippen molar-refractivity contribution in [3.8, 4) is 11.8 Å². The molecule has 0 radical (unpaired) electrons. The molecule has 1 amide bonds. The van der Waals surface area contributed by atoms with Gasteiger partial charge in [-0.15, -0.1) is 0 Å². The van der Waals surface area contributed by atoms with Gasteiger partial charge < -0.3 is 10.1 Å². The van der Waals surface area contributed by atoms with Gasteiger partial charge in [0.25, 0.3) is 0 Å². The second-order valence-corrected chi connectivity index (χ2v) is 5.82. The standard InChI is InChI=1S/C19H19N5O2/c20-11-15-4-3-5-17(10-15)26-9-2-1-6-18(25)22-12-16-13-23-19-21-7-8-24(19)14-16/h3-5,7-8,10,13-14H,1-2,6,9,12H2,(H,22,25). The first-order valence-electron chi connectivity index (χ1n) is 8.42. The van der Waals surface area contributed by atoms with Gasteiger partial charge in [0, 0.05) is 43.3 Å². The van der Waals surface area contributed by atoms with Crippen molar-refractivity contribution in [2.45, 2.75) is 25.8 Å². The molecular weight excluding hydrogens is 330 g/mol. The largest absolute Gasteiger partial charge is 0.494 e. The van der Waals surface area contributed by atoms with E-state index in [2.05, 4.69) is 21.4 Å². The molecule has 0 unspecified atom stereocenters. The van der Waals surface area contributed by atoms with Crippen LogP contribution < -0.4 is 10.1 Å². The molecule has 0 aliphatic carbocycles. The fourth-order valence-corrected chi connectivity index (χ4v) is 2.47. The molecule has 0 saturated carbocycles. The maximum Gasteiger partial charge on any atom is 0.233 e. The molecule has 0 fully saturated rings. The number of nitrogens with one attached hydrogen (secondary N) is 1. The number of hydrogen-bond acceptors (Lipinski definition) is 5. The van der Waals surface area contributed by atoms with E-state index in [0.29, 0.717) is 36.7 Å². The molecule has 0 aliphatic heterocycles. The number of amides is 1. The molecule has 0 aliphatic rings. The summed E-state index contributed by atoms with van der Waals surface area (Å²) in [6.45, 7) is 0.959. The number of imidazole rings is 1. The highest BCUT2D eigenvalue weighted by atomic mass is 16.5. The highest BCUT2D eigenvalue weighted by Gasteiger charge is 2.03. The average Bonchev–Trinajstić information content (AvgIpc) is 3.14. The van der Waals surface area contributed by atoms with Crippen molar-refractivity contribution in [1.29, 1.82) is 5.26 Å². The molecule has 26 heavy (non-hydrogen) atoms. The van der Waals surface area contributed by atoms with Crippen molar-refractivity contribution >= 4 is 11.7 Å². The molecule has 1 aromatic carbocycles. The van der Waals surface area contributed by atoms with E-state index in [-0.39, 0.29) is 5.91 Å². The summed E-state index contributed by atoms with van der Waals surface area (Å²) in [6, 6.07) is 9.12. The number of aromatic nitrogens is 3. The lowest BCUT2D eigenvalue weighted by molar-refractivity contribution is -0.121. The van der Waals surface area contributed by atoms with Crippen LogP contribution in [0.15, 0.2) is 49.1 Å². The van der Waals surface area contributed by atoms with E-state index < -0.39 is 0 Å². The quantitative estimate of drug-likeness (QED) is 0.631. The van der Waals surface area contributed by atoms with Gasteiger partial charge in [0.2, 0.25) is 11.7 Å². The number of hydrogen-bond donors (Lipinski definition) is 1. The summed E-state index contributed by atoms with van der Waals surface area (Å²) in [4.78, 5) is 20.2. The summed E-state index contributed by atoms with van der Waals surface area (Å²) >= 11 is 0. The molecule has 7 heteroatoms. The van der Waals surface area contributed by atoms with Gasteiger partial charge in [-0.1, -0.05) is 6.07 Å². The first-order chi connectivity index (χ1) is 12.7. The van der Waals surface area contributed by atoms with Crippen LogP contribution in [-0.2, 0) is 11.3 Å². The number of ether oxygens (including phenoxy) is 1. The predicted octanol–water partition coefficient (Wildman–Crippen LogP) is 2.47. The molecule has 2 heterocycles. The minimum Gasteiger partial charge on any atom is -0.494 e. The summed E-state index contributed by atoms with van der Waals surface area (Å²) < 4.78 is 7.41. The van der Waals surface area contributed by atoms with Crippen molar-refractivity contribution in [2.24, 2.45) is 0 Å². The Kier molecular flexibility index (Phi) is 5.78. The van der Waals surface area contributed by atoms with Crippen LogP contribution in [0.4, 0.5) is 0 Å². The number of nitriles is 1. The van der Waals surface area contributed by atoms with Gasteiger partial charge in [-0.05, 0) is 31.0 Å². The molecular formula is C19H19N5O2. The topological polar surface area (TPSA) is 92.3 Å². The first kappa shape index (κ1) is 17.4. The van der Waals surface area contributed by atoms with Crippen LogP contribution >= 0.6 is 0 Å². The van der Waals surface area contributed by atoms with Crippen LogP contribution in [0.3, 0.4) is 0 Å². The van der Waals surface area contributed by atoms with E-state index in [9.17, 15) is 4.79 Å². The average molecular weight is 349 g/mol. The Labute approximate surface area is 151 Å². The van der Waals surface area contributed by atoms with Crippen LogP contribution in [0.25, 0.3) is 5.78 Å². The molecule has 7 nitrogen and oxygen atoms in total. The van der Waals surface area contributed by atoms with Crippen LogP contribution in [0.2, 0.25) is 0 Å². The predicted molar refractivity (Wildman–Crippen MR) is 95.3 cm³/mol. The highest BCUT2D eigenvalue weighted by Crippen LogP contribution is 2.13. The molecule has 0 bridgehead atoms. The lowest BCUT2D eigenvalue weighted by Crippen LogP contribution is -2.22. The lowest BCUT2D eigenvalue weighted by atomic mass is 10.2. The maximum atomic E-state index is 11.9. The Bertz CT molecular complexity index is 929. The van der Waals surface area contributed by atoms with Crippen molar-refractivity contribution < 1.29 is 9.53 Å². The minimum atomic E-state index is 0.00204. The Morgan fingerprint density at radius 1 is 1.31 bits per heavy atom. The van der Waals surface area contributed by atoms with Gasteiger partial charge in [0.1, 0.15) is 5.75 Å². The summed E-state index contributed by atoms with van der Waals surface area (Å²) in [6.07, 6.45) is 9.07. The number of carbonyl (C=O) groups excluding carboxylic acids is 1. The molecule has 3 aromatic rings. The van der Waals surface area contributed by atoms with Gasteiger partial charge in [-0.25, -0.2) is 9.97 Å². The number of unbranched alkanes of at least 4 members (excludes halogenated alkanes) is 1. The molecule has 2 aromatic heterocycles. The molecule has 0 spiro atoms. The van der Waals surface area contributed by atoms with Crippen molar-refractivity contribution in [2.75, 3.05) is 6.61 Å². The van der Waals surface area contributed by atoms with E-state index in [4.69, 9.17) is 10.00 Å².